The lowest BCUT2D eigenvalue weighted by atomic mass is 10.0. The smallest absolute Gasteiger partial charge is 0.249 e. The van der Waals surface area contributed by atoms with Crippen molar-refractivity contribution in [1.29, 1.82) is 0 Å². The number of piperidine rings is 1. The van der Waals surface area contributed by atoms with Crippen LogP contribution in [-0.2, 0) is 20.9 Å². The second-order valence-corrected chi connectivity index (χ2v) is 5.58. The van der Waals surface area contributed by atoms with Gasteiger partial charge in [0, 0.05) is 52.1 Å². The molecule has 6 nitrogen and oxygen atoms in total. The van der Waals surface area contributed by atoms with Gasteiger partial charge in [-0.2, -0.15) is 0 Å². The summed E-state index contributed by atoms with van der Waals surface area (Å²) in [5.74, 6) is 0.00646. The molecule has 0 saturated carbocycles. The number of likely N-dealkylation sites (tertiary alicyclic amines) is 1. The minimum Gasteiger partial charge on any atom is -0.375 e. The number of carbonyl (C=O) groups is 2. The van der Waals surface area contributed by atoms with Crippen LogP contribution in [0.25, 0.3) is 0 Å². The van der Waals surface area contributed by atoms with Crippen molar-refractivity contribution in [1.82, 2.24) is 14.8 Å². The molecule has 120 valence electrons. The van der Waals surface area contributed by atoms with Gasteiger partial charge in [-0.3, -0.25) is 14.6 Å². The van der Waals surface area contributed by atoms with Gasteiger partial charge in [-0.15, -0.1) is 0 Å². The SMILES string of the molecule is COCC(=O)N(Cc1cccnc1)C1CCCN(C(C)=O)C1. The molecule has 0 bridgehead atoms. The van der Waals surface area contributed by atoms with Crippen LogP contribution in [0.1, 0.15) is 25.3 Å². The molecule has 1 unspecified atom stereocenters. The molecule has 0 N–H and O–H groups in total. The maximum atomic E-state index is 12.4. The lowest BCUT2D eigenvalue weighted by molar-refractivity contribution is -0.142. The van der Waals surface area contributed by atoms with Crippen LogP contribution < -0.4 is 0 Å². The highest BCUT2D eigenvalue weighted by Crippen LogP contribution is 2.19. The second kappa shape index (κ2) is 7.89. The molecule has 2 rings (SSSR count). The molecule has 22 heavy (non-hydrogen) atoms. The van der Waals surface area contributed by atoms with Crippen molar-refractivity contribution in [3.63, 3.8) is 0 Å². The number of amides is 2. The molecule has 0 aliphatic carbocycles. The fourth-order valence-corrected chi connectivity index (χ4v) is 2.81. The summed E-state index contributed by atoms with van der Waals surface area (Å²) in [5, 5.41) is 0. The second-order valence-electron chi connectivity index (χ2n) is 5.58. The molecular weight excluding hydrogens is 282 g/mol. The molecule has 1 aliphatic heterocycles. The van der Waals surface area contributed by atoms with Crippen molar-refractivity contribution in [2.24, 2.45) is 0 Å². The van der Waals surface area contributed by atoms with Crippen LogP contribution in [0.3, 0.4) is 0 Å². The lowest BCUT2D eigenvalue weighted by Gasteiger charge is -2.39. The quantitative estimate of drug-likeness (QED) is 0.816. The van der Waals surface area contributed by atoms with E-state index in [9.17, 15) is 9.59 Å². The molecule has 1 fully saturated rings. The number of nitrogens with zero attached hydrogens (tertiary/aromatic N) is 3. The Kier molecular flexibility index (Phi) is 5.89. The van der Waals surface area contributed by atoms with E-state index in [1.165, 1.54) is 7.11 Å². The summed E-state index contributed by atoms with van der Waals surface area (Å²) in [6.07, 6.45) is 5.29. The van der Waals surface area contributed by atoms with E-state index < -0.39 is 0 Å². The number of rotatable bonds is 5. The maximum Gasteiger partial charge on any atom is 0.249 e. The Bertz CT molecular complexity index is 507. The number of methoxy groups -OCH3 is 1. The minimum atomic E-state index is -0.0539. The van der Waals surface area contributed by atoms with E-state index in [-0.39, 0.29) is 24.5 Å². The molecule has 2 amide bonds. The van der Waals surface area contributed by atoms with E-state index >= 15 is 0 Å². The standard InChI is InChI=1S/C16H23N3O3/c1-13(20)18-8-4-6-15(11-18)19(16(21)12-22-2)10-14-5-3-7-17-9-14/h3,5,7,9,15H,4,6,8,10-12H2,1-2H3. The van der Waals surface area contributed by atoms with Gasteiger partial charge in [0.1, 0.15) is 6.61 Å². The van der Waals surface area contributed by atoms with Gasteiger partial charge in [0.05, 0.1) is 0 Å². The Hall–Kier alpha value is -1.95. The molecule has 1 aromatic heterocycles. The average molecular weight is 305 g/mol. The number of hydrogen-bond donors (Lipinski definition) is 0. The third kappa shape index (κ3) is 4.27. The fraction of sp³-hybridized carbons (Fsp3) is 0.562. The summed E-state index contributed by atoms with van der Waals surface area (Å²) in [5.41, 5.74) is 0.979. The number of hydrogen-bond acceptors (Lipinski definition) is 4. The number of ether oxygens (including phenoxy) is 1. The Morgan fingerprint density at radius 1 is 1.50 bits per heavy atom. The number of aromatic nitrogens is 1. The summed E-state index contributed by atoms with van der Waals surface area (Å²) in [7, 11) is 1.52. The van der Waals surface area contributed by atoms with Crippen LogP contribution in [0.15, 0.2) is 24.5 Å². The highest BCUT2D eigenvalue weighted by Gasteiger charge is 2.29. The van der Waals surface area contributed by atoms with Crippen LogP contribution in [0.4, 0.5) is 0 Å². The summed E-state index contributed by atoms with van der Waals surface area (Å²) in [6, 6.07) is 3.84. The van der Waals surface area contributed by atoms with Crippen molar-refractivity contribution in [2.75, 3.05) is 26.8 Å². The van der Waals surface area contributed by atoms with Gasteiger partial charge in [0.25, 0.3) is 0 Å². The molecule has 6 heteroatoms. The van der Waals surface area contributed by atoms with E-state index in [2.05, 4.69) is 4.98 Å². The monoisotopic (exact) mass is 305 g/mol. The molecule has 2 heterocycles. The van der Waals surface area contributed by atoms with Crippen molar-refractivity contribution in [3.8, 4) is 0 Å². The van der Waals surface area contributed by atoms with Crippen LogP contribution in [0.5, 0.6) is 0 Å². The molecule has 1 saturated heterocycles. The predicted molar refractivity (Wildman–Crippen MR) is 81.9 cm³/mol. The molecule has 1 aromatic rings. The average Bonchev–Trinajstić information content (AvgIpc) is 2.54. The van der Waals surface area contributed by atoms with Gasteiger partial charge in [-0.1, -0.05) is 6.07 Å². The van der Waals surface area contributed by atoms with E-state index in [0.717, 1.165) is 24.9 Å². The first-order chi connectivity index (χ1) is 10.6. The van der Waals surface area contributed by atoms with Gasteiger partial charge in [-0.25, -0.2) is 0 Å². The summed E-state index contributed by atoms with van der Waals surface area (Å²) in [4.78, 5) is 31.7. The predicted octanol–water partition coefficient (Wildman–Crippen LogP) is 1.07. The Balaban J connectivity index is 2.13. The van der Waals surface area contributed by atoms with Crippen LogP contribution in [-0.4, -0.2) is 59.4 Å². The lowest BCUT2D eigenvalue weighted by Crippen LogP contribution is -2.51. The summed E-state index contributed by atoms with van der Waals surface area (Å²) in [6.45, 7) is 3.48. The van der Waals surface area contributed by atoms with Crippen molar-refractivity contribution in [2.45, 2.75) is 32.4 Å². The molecule has 1 aliphatic rings. The van der Waals surface area contributed by atoms with Crippen molar-refractivity contribution in [3.05, 3.63) is 30.1 Å². The Morgan fingerprint density at radius 3 is 2.95 bits per heavy atom. The van der Waals surface area contributed by atoms with Gasteiger partial charge in [0.15, 0.2) is 0 Å². The number of pyridine rings is 1. The summed E-state index contributed by atoms with van der Waals surface area (Å²) < 4.78 is 5.00. The van der Waals surface area contributed by atoms with Gasteiger partial charge in [-0.05, 0) is 24.5 Å². The maximum absolute atomic E-state index is 12.4. The first-order valence-corrected chi connectivity index (χ1v) is 7.54. The van der Waals surface area contributed by atoms with E-state index in [1.54, 1.807) is 19.3 Å². The zero-order valence-corrected chi connectivity index (χ0v) is 13.2. The third-order valence-corrected chi connectivity index (χ3v) is 3.95. The molecule has 0 spiro atoms. The highest BCUT2D eigenvalue weighted by molar-refractivity contribution is 5.78. The van der Waals surface area contributed by atoms with E-state index in [0.29, 0.717) is 13.1 Å². The zero-order chi connectivity index (χ0) is 15.9. The van der Waals surface area contributed by atoms with Gasteiger partial charge >= 0.3 is 0 Å². The molecular formula is C16H23N3O3. The fourth-order valence-electron chi connectivity index (χ4n) is 2.81. The minimum absolute atomic E-state index is 0.0282. The Labute approximate surface area is 131 Å². The largest absolute Gasteiger partial charge is 0.375 e. The first-order valence-electron chi connectivity index (χ1n) is 7.54. The first kappa shape index (κ1) is 16.4. The van der Waals surface area contributed by atoms with Gasteiger partial charge < -0.3 is 14.5 Å². The highest BCUT2D eigenvalue weighted by atomic mass is 16.5. The molecule has 0 aromatic carbocycles. The normalized spacial score (nSPS) is 18.1. The topological polar surface area (TPSA) is 62.7 Å². The van der Waals surface area contributed by atoms with Crippen LogP contribution in [0.2, 0.25) is 0 Å². The number of carbonyl (C=O) groups excluding carboxylic acids is 2. The third-order valence-electron chi connectivity index (χ3n) is 3.95. The molecule has 1 atom stereocenters. The van der Waals surface area contributed by atoms with Crippen molar-refractivity contribution < 1.29 is 14.3 Å². The van der Waals surface area contributed by atoms with E-state index in [4.69, 9.17) is 4.74 Å². The van der Waals surface area contributed by atoms with Crippen LogP contribution in [0, 0.1) is 0 Å². The summed E-state index contributed by atoms with van der Waals surface area (Å²) >= 11 is 0. The Morgan fingerprint density at radius 2 is 2.32 bits per heavy atom. The van der Waals surface area contributed by atoms with Crippen molar-refractivity contribution >= 4 is 11.8 Å². The zero-order valence-electron chi connectivity index (χ0n) is 13.2. The van der Waals surface area contributed by atoms with Crippen LogP contribution >= 0.6 is 0 Å². The van der Waals surface area contributed by atoms with Gasteiger partial charge in [0.2, 0.25) is 11.8 Å². The molecule has 0 radical (unpaired) electrons. The van der Waals surface area contributed by atoms with E-state index in [1.807, 2.05) is 21.9 Å².